The third-order valence-corrected chi connectivity index (χ3v) is 14.4. The minimum absolute atomic E-state index is 0.0904. The van der Waals surface area contributed by atoms with Crippen molar-refractivity contribution in [2.45, 2.75) is 174 Å². The van der Waals surface area contributed by atoms with Gasteiger partial charge in [-0.05, 0) is 92.8 Å². The zero-order valence-electron chi connectivity index (χ0n) is 34.2. The molecule has 54 heavy (non-hydrogen) atoms. The first-order valence-electron chi connectivity index (χ1n) is 21.8. The number of ether oxygens (including phenoxy) is 4. The minimum atomic E-state index is -0.372. The van der Waals surface area contributed by atoms with E-state index in [1.165, 1.54) is 38.5 Å². The number of esters is 4. The Balaban J connectivity index is 1.50. The molecule has 0 amide bonds. The lowest BCUT2D eigenvalue weighted by atomic mass is 9.43. The number of unbranched alkanes of at least 4 members (excludes halogenated alkanes) is 7. The van der Waals surface area contributed by atoms with Crippen LogP contribution in [0.5, 0.6) is 0 Å². The van der Waals surface area contributed by atoms with Crippen LogP contribution in [0.1, 0.15) is 156 Å². The lowest BCUT2D eigenvalue weighted by molar-refractivity contribution is -0.225. The Morgan fingerprint density at radius 1 is 0.685 bits per heavy atom. The van der Waals surface area contributed by atoms with E-state index in [1.54, 1.807) is 0 Å². The molecule has 0 aliphatic heterocycles. The maximum Gasteiger partial charge on any atom is 0.307 e. The summed E-state index contributed by atoms with van der Waals surface area (Å²) in [4.78, 5) is 51.7. The van der Waals surface area contributed by atoms with Gasteiger partial charge in [0.15, 0.2) is 0 Å². The van der Waals surface area contributed by atoms with E-state index >= 15 is 0 Å². The largest absolute Gasteiger partial charge is 0.466 e. The molecule has 4 aliphatic carbocycles. The van der Waals surface area contributed by atoms with Gasteiger partial charge in [-0.1, -0.05) is 72.6 Å². The molecule has 0 bridgehead atoms. The maximum absolute atomic E-state index is 13.3. The van der Waals surface area contributed by atoms with E-state index in [2.05, 4.69) is 27.7 Å². The zero-order valence-corrected chi connectivity index (χ0v) is 34.2. The first kappa shape index (κ1) is 44.5. The lowest BCUT2D eigenvalue weighted by Crippen LogP contribution is -2.63. The Morgan fingerprint density at radius 3 is 1.94 bits per heavy atom. The van der Waals surface area contributed by atoms with Crippen molar-refractivity contribution in [3.05, 3.63) is 0 Å². The summed E-state index contributed by atoms with van der Waals surface area (Å²) in [7, 11) is 0. The highest BCUT2D eigenvalue weighted by atomic mass is 16.6. The molecule has 0 heterocycles. The van der Waals surface area contributed by atoms with Gasteiger partial charge in [-0.25, -0.2) is 0 Å². The van der Waals surface area contributed by atoms with Crippen LogP contribution in [0, 0.1) is 46.3 Å². The molecule has 0 aromatic carbocycles. The summed E-state index contributed by atoms with van der Waals surface area (Å²) in [6.07, 6.45) is 15.9. The molecule has 4 aliphatic rings. The molecule has 11 atom stereocenters. The standard InChI is InChI=1S/C43H75N3O8/c1-5-6-7-8-9-10-11-12-25-51-37(47)16-13-29(2)32-14-15-33-41-34(28-36(43(32,33)4)54-40(50)20-24-46)42(3)21-17-31(52-38(48)18-22-44)26-30(42)27-35(41)53-39(49)19-23-45/h29-36,41H,5-28,44-46H2,1-4H3/t29-,30?,31-,32-,33+,34+,35?,36+,41?,42+,43-/m1/s1. The molecule has 4 rings (SSSR count). The first-order chi connectivity index (χ1) is 25.9. The van der Waals surface area contributed by atoms with Crippen molar-refractivity contribution < 1.29 is 38.1 Å². The van der Waals surface area contributed by atoms with Crippen molar-refractivity contribution in [1.29, 1.82) is 0 Å². The van der Waals surface area contributed by atoms with Crippen LogP contribution in [0.3, 0.4) is 0 Å². The number of hydrogen-bond donors (Lipinski definition) is 3. The number of rotatable bonds is 22. The van der Waals surface area contributed by atoms with E-state index in [0.29, 0.717) is 38.7 Å². The van der Waals surface area contributed by atoms with Crippen molar-refractivity contribution >= 4 is 23.9 Å². The molecule has 0 saturated heterocycles. The molecule has 0 spiro atoms. The van der Waals surface area contributed by atoms with E-state index in [9.17, 15) is 19.2 Å². The number of fused-ring (bicyclic) bond motifs is 5. The maximum atomic E-state index is 13.3. The molecule has 310 valence electrons. The van der Waals surface area contributed by atoms with Crippen LogP contribution in [0.4, 0.5) is 0 Å². The Morgan fingerprint density at radius 2 is 1.30 bits per heavy atom. The number of nitrogens with two attached hydrogens (primary N) is 3. The minimum Gasteiger partial charge on any atom is -0.466 e. The quantitative estimate of drug-likeness (QED) is 0.0603. The summed E-state index contributed by atoms with van der Waals surface area (Å²) < 4.78 is 24.4. The fourth-order valence-corrected chi connectivity index (χ4v) is 11.6. The zero-order chi connectivity index (χ0) is 39.3. The molecule has 0 aromatic heterocycles. The Bertz CT molecular complexity index is 1220. The Hall–Kier alpha value is -2.24. The SMILES string of the molecule is CCCCCCCCCCOC(=O)CC[C@@H](C)[C@H]1CC[C@H]2C3C(OC(=O)CCN)CC4C[C@H](OC(=O)CCN)CC[C@]4(C)[C@H]3C[C@H](OC(=O)CCN)[C@]12C. The third-order valence-electron chi connectivity index (χ3n) is 14.4. The lowest BCUT2D eigenvalue weighted by Gasteiger charge is -2.64. The number of hydrogen-bond acceptors (Lipinski definition) is 11. The second-order valence-corrected chi connectivity index (χ2v) is 17.7. The third kappa shape index (κ3) is 11.0. The van der Waals surface area contributed by atoms with Crippen LogP contribution in [0.15, 0.2) is 0 Å². The molecule has 4 saturated carbocycles. The topological polar surface area (TPSA) is 183 Å². The number of carbonyl (C=O) groups is 4. The highest BCUT2D eigenvalue weighted by Gasteiger charge is 2.67. The van der Waals surface area contributed by atoms with Gasteiger partial charge in [-0.3, -0.25) is 19.2 Å². The summed E-state index contributed by atoms with van der Waals surface area (Å²) in [5, 5.41) is 0. The van der Waals surface area contributed by atoms with Crippen molar-refractivity contribution in [3.8, 4) is 0 Å². The van der Waals surface area contributed by atoms with E-state index in [4.69, 9.17) is 36.1 Å². The van der Waals surface area contributed by atoms with Crippen LogP contribution in [-0.4, -0.2) is 68.4 Å². The van der Waals surface area contributed by atoms with Crippen LogP contribution >= 0.6 is 0 Å². The molecule has 11 nitrogen and oxygen atoms in total. The van der Waals surface area contributed by atoms with Crippen molar-refractivity contribution in [2.24, 2.45) is 63.5 Å². The van der Waals surface area contributed by atoms with E-state index < -0.39 is 0 Å². The van der Waals surface area contributed by atoms with Crippen LogP contribution in [-0.2, 0) is 38.1 Å². The summed E-state index contributed by atoms with van der Waals surface area (Å²) in [5.74, 6) is -0.000836. The van der Waals surface area contributed by atoms with Gasteiger partial charge in [0.1, 0.15) is 18.3 Å². The van der Waals surface area contributed by atoms with Gasteiger partial charge in [0.2, 0.25) is 0 Å². The van der Waals surface area contributed by atoms with Crippen molar-refractivity contribution in [1.82, 2.24) is 0 Å². The van der Waals surface area contributed by atoms with Gasteiger partial charge in [-0.15, -0.1) is 0 Å². The summed E-state index contributed by atoms with van der Waals surface area (Å²) >= 11 is 0. The molecular weight excluding hydrogens is 686 g/mol. The van der Waals surface area contributed by atoms with Gasteiger partial charge in [0.25, 0.3) is 0 Å². The molecule has 0 radical (unpaired) electrons. The summed E-state index contributed by atoms with van der Waals surface area (Å²) in [6.45, 7) is 10.3. The van der Waals surface area contributed by atoms with Gasteiger partial charge < -0.3 is 36.1 Å². The predicted molar refractivity (Wildman–Crippen MR) is 209 cm³/mol. The van der Waals surface area contributed by atoms with Crippen molar-refractivity contribution in [3.63, 3.8) is 0 Å². The Labute approximate surface area is 325 Å². The van der Waals surface area contributed by atoms with E-state index in [-0.39, 0.29) is 127 Å². The average Bonchev–Trinajstić information content (AvgIpc) is 3.49. The van der Waals surface area contributed by atoms with Crippen LogP contribution in [0.2, 0.25) is 0 Å². The molecule has 11 heteroatoms. The second kappa shape index (κ2) is 21.3. The van der Waals surface area contributed by atoms with Gasteiger partial charge in [-0.2, -0.15) is 0 Å². The molecule has 3 unspecified atom stereocenters. The highest BCUT2D eigenvalue weighted by molar-refractivity contribution is 5.71. The van der Waals surface area contributed by atoms with Gasteiger partial charge >= 0.3 is 23.9 Å². The van der Waals surface area contributed by atoms with Crippen LogP contribution < -0.4 is 17.2 Å². The fourth-order valence-electron chi connectivity index (χ4n) is 11.6. The molecule has 4 fully saturated rings. The average molecular weight is 762 g/mol. The van der Waals surface area contributed by atoms with Gasteiger partial charge in [0, 0.05) is 37.4 Å². The molecule has 0 aromatic rings. The smallest absolute Gasteiger partial charge is 0.307 e. The molecule has 6 N–H and O–H groups in total. The molecular formula is C43H75N3O8. The predicted octanol–water partition coefficient (Wildman–Crippen LogP) is 6.75. The van der Waals surface area contributed by atoms with Gasteiger partial charge in [0.05, 0.1) is 25.9 Å². The highest BCUT2D eigenvalue weighted by Crippen LogP contribution is 2.69. The van der Waals surface area contributed by atoms with Crippen LogP contribution in [0.25, 0.3) is 0 Å². The summed E-state index contributed by atoms with van der Waals surface area (Å²) in [6, 6.07) is 0. The second-order valence-electron chi connectivity index (χ2n) is 17.7. The summed E-state index contributed by atoms with van der Waals surface area (Å²) in [5.41, 5.74) is 16.8. The Kier molecular flexibility index (Phi) is 17.6. The van der Waals surface area contributed by atoms with E-state index in [0.717, 1.165) is 38.5 Å². The first-order valence-corrected chi connectivity index (χ1v) is 21.8. The number of carbonyl (C=O) groups excluding carboxylic acids is 4. The normalized spacial score (nSPS) is 33.5. The monoisotopic (exact) mass is 762 g/mol. The fraction of sp³-hybridized carbons (Fsp3) is 0.907. The van der Waals surface area contributed by atoms with Crippen molar-refractivity contribution in [2.75, 3.05) is 26.2 Å². The van der Waals surface area contributed by atoms with E-state index in [1.807, 2.05) is 0 Å².